The van der Waals surface area contributed by atoms with E-state index in [2.05, 4.69) is 12.4 Å². The highest BCUT2D eigenvalue weighted by Gasteiger charge is 2.19. The maximum absolute atomic E-state index is 11.8. The first-order valence-electron chi connectivity index (χ1n) is 11.3. The maximum Gasteiger partial charge on any atom is 0.335 e. The van der Waals surface area contributed by atoms with Crippen molar-refractivity contribution in [3.05, 3.63) is 72.0 Å². The summed E-state index contributed by atoms with van der Waals surface area (Å²) in [7, 11) is 1.37. The van der Waals surface area contributed by atoms with Crippen molar-refractivity contribution in [1.82, 2.24) is 5.48 Å². The van der Waals surface area contributed by atoms with Crippen LogP contribution in [0.15, 0.2) is 60.9 Å². The molecule has 0 fully saturated rings. The van der Waals surface area contributed by atoms with E-state index in [1.807, 2.05) is 61.5 Å². The fourth-order valence-electron chi connectivity index (χ4n) is 3.09. The van der Waals surface area contributed by atoms with Crippen molar-refractivity contribution in [1.29, 1.82) is 0 Å². The summed E-state index contributed by atoms with van der Waals surface area (Å²) in [5, 5.41) is 0. The zero-order valence-corrected chi connectivity index (χ0v) is 19.3. The molecule has 0 saturated heterocycles. The van der Waals surface area contributed by atoms with Gasteiger partial charge in [0.05, 0.1) is 13.7 Å². The predicted octanol–water partition coefficient (Wildman–Crippen LogP) is 5.29. The summed E-state index contributed by atoms with van der Waals surface area (Å²) in [5.41, 5.74) is 5.69. The van der Waals surface area contributed by atoms with Crippen LogP contribution < -0.4 is 10.2 Å². The fraction of sp³-hybridized carbons (Fsp3) is 0.423. The van der Waals surface area contributed by atoms with Gasteiger partial charge in [0.1, 0.15) is 17.7 Å². The molecule has 6 nitrogen and oxygen atoms in total. The average molecular weight is 442 g/mol. The van der Waals surface area contributed by atoms with Crippen molar-refractivity contribution in [3.63, 3.8) is 0 Å². The molecule has 1 atom stereocenters. The molecule has 0 radical (unpaired) electrons. The minimum Gasteiger partial charge on any atom is -0.467 e. The van der Waals surface area contributed by atoms with Gasteiger partial charge in [0.2, 0.25) is 0 Å². The third-order valence-corrected chi connectivity index (χ3v) is 4.86. The Balaban J connectivity index is 1.98. The standard InChI is InChI=1S/C26H35NO5/c1-4-6-7-11-18-32-27-24(22-12-9-8-10-13-22)20-31-23-16-14-21(15-17-23)19-25(30-5-2)26(28)29-3/h8-10,12-17,20,25,27H,4-7,11,18-19H2,1-3H3. The number of unbranched alkanes of at least 4 members (excludes halogenated alkanes) is 3. The molecule has 174 valence electrons. The number of nitrogens with one attached hydrogen (secondary N) is 1. The van der Waals surface area contributed by atoms with Crippen LogP contribution in [0.4, 0.5) is 0 Å². The first-order valence-corrected chi connectivity index (χ1v) is 11.3. The molecule has 0 aliphatic heterocycles. The molecule has 0 heterocycles. The van der Waals surface area contributed by atoms with Crippen molar-refractivity contribution in [3.8, 4) is 5.75 Å². The highest BCUT2D eigenvalue weighted by atomic mass is 16.6. The third kappa shape index (κ3) is 9.12. The van der Waals surface area contributed by atoms with Gasteiger partial charge in [0.15, 0.2) is 6.10 Å². The number of methoxy groups -OCH3 is 1. The zero-order valence-electron chi connectivity index (χ0n) is 19.3. The molecule has 2 aromatic carbocycles. The molecular weight excluding hydrogens is 406 g/mol. The first kappa shape index (κ1) is 25.4. The molecule has 1 unspecified atom stereocenters. The lowest BCUT2D eigenvalue weighted by Crippen LogP contribution is -2.28. The first-order chi connectivity index (χ1) is 15.7. The number of ether oxygens (including phenoxy) is 3. The maximum atomic E-state index is 11.8. The molecule has 0 spiro atoms. The third-order valence-electron chi connectivity index (χ3n) is 4.86. The molecule has 2 aromatic rings. The van der Waals surface area contributed by atoms with Crippen molar-refractivity contribution in [2.75, 3.05) is 20.3 Å². The number of benzene rings is 2. The summed E-state index contributed by atoms with van der Waals surface area (Å²) in [6.45, 7) is 5.13. The van der Waals surface area contributed by atoms with Crippen LogP contribution in [-0.4, -0.2) is 32.4 Å². The van der Waals surface area contributed by atoms with Gasteiger partial charge in [-0.05, 0) is 31.0 Å². The molecule has 0 bridgehead atoms. The van der Waals surface area contributed by atoms with Crippen molar-refractivity contribution in [2.45, 2.75) is 52.1 Å². The van der Waals surface area contributed by atoms with E-state index in [0.29, 0.717) is 25.4 Å². The van der Waals surface area contributed by atoms with E-state index in [1.54, 1.807) is 6.26 Å². The number of carbonyl (C=O) groups is 1. The summed E-state index contributed by atoms with van der Waals surface area (Å²) in [6.07, 6.45) is 6.07. The second kappa shape index (κ2) is 15.1. The zero-order chi connectivity index (χ0) is 23.0. The Bertz CT molecular complexity index is 805. The Kier molecular flexibility index (Phi) is 12.0. The van der Waals surface area contributed by atoms with Gasteiger partial charge in [-0.2, -0.15) is 0 Å². The second-order valence-electron chi connectivity index (χ2n) is 7.34. The summed E-state index contributed by atoms with van der Waals surface area (Å²) in [5.74, 6) is 0.307. The molecule has 0 aliphatic rings. The lowest BCUT2D eigenvalue weighted by atomic mass is 10.1. The van der Waals surface area contributed by atoms with Crippen LogP contribution in [0.1, 0.15) is 50.7 Å². The highest BCUT2D eigenvalue weighted by molar-refractivity contribution is 5.75. The van der Waals surface area contributed by atoms with Crippen LogP contribution in [0.5, 0.6) is 5.75 Å². The van der Waals surface area contributed by atoms with Crippen LogP contribution in [0.2, 0.25) is 0 Å². The summed E-state index contributed by atoms with van der Waals surface area (Å²) < 4.78 is 16.2. The van der Waals surface area contributed by atoms with Gasteiger partial charge in [-0.15, -0.1) is 0 Å². The lowest BCUT2D eigenvalue weighted by Gasteiger charge is -2.15. The average Bonchev–Trinajstić information content (AvgIpc) is 2.83. The lowest BCUT2D eigenvalue weighted by molar-refractivity contribution is -0.153. The van der Waals surface area contributed by atoms with Gasteiger partial charge in [0.25, 0.3) is 0 Å². The fourth-order valence-corrected chi connectivity index (χ4v) is 3.09. The largest absolute Gasteiger partial charge is 0.467 e. The van der Waals surface area contributed by atoms with Gasteiger partial charge < -0.3 is 14.2 Å². The Morgan fingerprint density at radius 3 is 2.41 bits per heavy atom. The van der Waals surface area contributed by atoms with Crippen LogP contribution in [0, 0.1) is 0 Å². The summed E-state index contributed by atoms with van der Waals surface area (Å²) >= 11 is 0. The van der Waals surface area contributed by atoms with Gasteiger partial charge in [0, 0.05) is 18.6 Å². The van der Waals surface area contributed by atoms with E-state index in [-0.39, 0.29) is 5.97 Å². The number of hydrogen-bond donors (Lipinski definition) is 1. The molecule has 6 heteroatoms. The van der Waals surface area contributed by atoms with Gasteiger partial charge >= 0.3 is 5.97 Å². The van der Waals surface area contributed by atoms with Gasteiger partial charge in [-0.25, -0.2) is 4.79 Å². The molecular formula is C26H35NO5. The monoisotopic (exact) mass is 441 g/mol. The Morgan fingerprint density at radius 2 is 1.75 bits per heavy atom. The van der Waals surface area contributed by atoms with Gasteiger partial charge in [-0.3, -0.25) is 10.3 Å². The molecule has 1 N–H and O–H groups in total. The quantitative estimate of drug-likeness (QED) is 0.175. The number of hydroxylamine groups is 1. The second-order valence-corrected chi connectivity index (χ2v) is 7.34. The smallest absolute Gasteiger partial charge is 0.335 e. The molecule has 0 saturated carbocycles. The summed E-state index contributed by atoms with van der Waals surface area (Å²) in [6, 6.07) is 17.4. The Morgan fingerprint density at radius 1 is 1.00 bits per heavy atom. The minimum atomic E-state index is -0.611. The van der Waals surface area contributed by atoms with Crippen LogP contribution in [0.25, 0.3) is 5.70 Å². The van der Waals surface area contributed by atoms with Crippen LogP contribution >= 0.6 is 0 Å². The van der Waals surface area contributed by atoms with E-state index in [9.17, 15) is 4.79 Å². The van der Waals surface area contributed by atoms with E-state index in [4.69, 9.17) is 19.0 Å². The van der Waals surface area contributed by atoms with E-state index < -0.39 is 6.10 Å². The minimum absolute atomic E-state index is 0.372. The number of hydrogen-bond acceptors (Lipinski definition) is 6. The predicted molar refractivity (Wildman–Crippen MR) is 126 cm³/mol. The van der Waals surface area contributed by atoms with E-state index in [0.717, 1.165) is 29.7 Å². The van der Waals surface area contributed by atoms with Crippen molar-refractivity contribution in [2.24, 2.45) is 0 Å². The van der Waals surface area contributed by atoms with Gasteiger partial charge in [-0.1, -0.05) is 68.7 Å². The molecule has 0 amide bonds. The SMILES string of the molecule is CCCCCCONC(=COc1ccc(CC(OCC)C(=O)OC)cc1)c1ccccc1. The number of esters is 1. The summed E-state index contributed by atoms with van der Waals surface area (Å²) in [4.78, 5) is 17.5. The van der Waals surface area contributed by atoms with Crippen LogP contribution in [0.3, 0.4) is 0 Å². The van der Waals surface area contributed by atoms with Crippen LogP contribution in [-0.2, 0) is 25.5 Å². The van der Waals surface area contributed by atoms with Crippen molar-refractivity contribution >= 4 is 11.7 Å². The molecule has 0 aromatic heterocycles. The number of rotatable bonds is 15. The van der Waals surface area contributed by atoms with E-state index >= 15 is 0 Å². The van der Waals surface area contributed by atoms with Crippen molar-refractivity contribution < 1.29 is 23.8 Å². The van der Waals surface area contributed by atoms with E-state index in [1.165, 1.54) is 20.0 Å². The topological polar surface area (TPSA) is 66.0 Å². The molecule has 32 heavy (non-hydrogen) atoms. The number of carbonyl (C=O) groups excluding carboxylic acids is 1. The Labute approximate surface area is 191 Å². The highest BCUT2D eigenvalue weighted by Crippen LogP contribution is 2.18. The molecule has 0 aliphatic carbocycles. The molecule has 2 rings (SSSR count). The Hall–Kier alpha value is -2.83. The normalized spacial score (nSPS) is 12.3.